The molecule has 1 unspecified atom stereocenters. The molecule has 0 aliphatic carbocycles. The number of halogens is 2. The van der Waals surface area contributed by atoms with Crippen LogP contribution in [0.15, 0.2) is 53.5 Å². The number of carbonyl (C=O) groups is 3. The number of hydrogen-bond donors (Lipinski definition) is 0. The Labute approximate surface area is 272 Å². The lowest BCUT2D eigenvalue weighted by Gasteiger charge is -2.51. The average Bonchev–Trinajstić information content (AvgIpc) is 3.19. The van der Waals surface area contributed by atoms with Crippen LogP contribution in [-0.2, 0) is 19.0 Å². The lowest BCUT2D eigenvalue weighted by molar-refractivity contribution is -0.139. The molecular formula is C33H31F2N5O8. The SMILES string of the molecule is CC(=O)N1CC(OC(=O)Oc2c3n(ccc2=O)N([C@@H]2c4ccccc4N4CCOCC4c4c2ccc(F)c4F)[C@@H]2COCCN2C3=O)C1. The molecule has 8 rings (SSSR count). The summed E-state index contributed by atoms with van der Waals surface area (Å²) in [5, 5.41) is 1.79. The minimum absolute atomic E-state index is 0.0673. The molecular weight excluding hydrogens is 632 g/mol. The number of aromatic nitrogens is 1. The van der Waals surface area contributed by atoms with Crippen LogP contribution in [0.3, 0.4) is 0 Å². The van der Waals surface area contributed by atoms with Gasteiger partial charge in [0.25, 0.3) is 5.91 Å². The second-order valence-corrected chi connectivity index (χ2v) is 12.3. The van der Waals surface area contributed by atoms with Crippen molar-refractivity contribution in [1.82, 2.24) is 14.5 Å². The molecule has 3 saturated heterocycles. The molecule has 2 aromatic carbocycles. The van der Waals surface area contributed by atoms with Gasteiger partial charge in [0.2, 0.25) is 17.1 Å². The molecule has 3 atom stereocenters. The molecule has 13 nitrogen and oxygen atoms in total. The summed E-state index contributed by atoms with van der Waals surface area (Å²) in [6.45, 7) is 3.13. The normalized spacial score (nSPS) is 23.1. The number of hydrogen-bond acceptors (Lipinski definition) is 10. The van der Waals surface area contributed by atoms with E-state index in [4.69, 9.17) is 18.9 Å². The molecule has 48 heavy (non-hydrogen) atoms. The van der Waals surface area contributed by atoms with Gasteiger partial charge in [0.1, 0.15) is 18.3 Å². The minimum Gasteiger partial charge on any atom is -0.427 e. The summed E-state index contributed by atoms with van der Waals surface area (Å²) >= 11 is 0. The summed E-state index contributed by atoms with van der Waals surface area (Å²) in [6, 6.07) is 9.82. The van der Waals surface area contributed by atoms with Crippen molar-refractivity contribution < 1.29 is 42.1 Å². The molecule has 5 aliphatic heterocycles. The Morgan fingerprint density at radius 1 is 0.917 bits per heavy atom. The number of likely N-dealkylation sites (tertiary alicyclic amines) is 1. The Hall–Kier alpha value is -5.02. The summed E-state index contributed by atoms with van der Waals surface area (Å²) < 4.78 is 55.0. The van der Waals surface area contributed by atoms with Crippen LogP contribution >= 0.6 is 0 Å². The topological polar surface area (TPSA) is 123 Å². The summed E-state index contributed by atoms with van der Waals surface area (Å²) in [5.41, 5.74) is 1.10. The number of carbonyl (C=O) groups excluding carboxylic acids is 3. The van der Waals surface area contributed by atoms with Gasteiger partial charge in [-0.15, -0.1) is 0 Å². The van der Waals surface area contributed by atoms with Crippen molar-refractivity contribution in [3.8, 4) is 5.75 Å². The smallest absolute Gasteiger partial charge is 0.427 e. The summed E-state index contributed by atoms with van der Waals surface area (Å²) in [4.78, 5) is 57.0. The van der Waals surface area contributed by atoms with E-state index in [0.29, 0.717) is 18.7 Å². The van der Waals surface area contributed by atoms with E-state index in [1.54, 1.807) is 5.01 Å². The standard InChI is InChI=1S/C33H31F2N5O8/c1-18(41)36-14-19(15-36)47-33(44)48-31-25(42)8-9-39-30(31)32(43)38-11-13-46-17-26(38)40(39)29-20-4-2-3-5-23(20)37-10-12-45-16-24(37)27-21(29)6-7-22(34)28(27)35/h2-9,19,24,26,29H,10-17H2,1H3/t24?,26-,29-/m1/s1. The minimum atomic E-state index is -1.20. The van der Waals surface area contributed by atoms with Crippen LogP contribution in [0, 0.1) is 11.6 Å². The molecule has 6 heterocycles. The number of anilines is 1. The van der Waals surface area contributed by atoms with Crippen LogP contribution in [0.4, 0.5) is 19.3 Å². The van der Waals surface area contributed by atoms with Crippen molar-refractivity contribution in [2.75, 3.05) is 62.5 Å². The van der Waals surface area contributed by atoms with E-state index < -0.39 is 59.2 Å². The third kappa shape index (κ3) is 4.71. The zero-order valence-corrected chi connectivity index (χ0v) is 25.8. The maximum atomic E-state index is 16.1. The molecule has 2 amide bonds. The highest BCUT2D eigenvalue weighted by Gasteiger charge is 2.48. The van der Waals surface area contributed by atoms with Crippen LogP contribution in [0.5, 0.6) is 5.75 Å². The first kappa shape index (κ1) is 30.3. The maximum absolute atomic E-state index is 16.1. The molecule has 0 radical (unpaired) electrons. The van der Waals surface area contributed by atoms with E-state index in [9.17, 15) is 19.2 Å². The number of fused-ring (bicyclic) bond motifs is 7. The lowest BCUT2D eigenvalue weighted by atomic mass is 9.91. The van der Waals surface area contributed by atoms with Crippen molar-refractivity contribution in [1.29, 1.82) is 0 Å². The van der Waals surface area contributed by atoms with Crippen LogP contribution < -0.4 is 20.1 Å². The fourth-order valence-corrected chi connectivity index (χ4v) is 7.35. The van der Waals surface area contributed by atoms with Gasteiger partial charge in [0, 0.05) is 49.1 Å². The zero-order valence-electron chi connectivity index (χ0n) is 25.8. The highest BCUT2D eigenvalue weighted by atomic mass is 19.2. The summed E-state index contributed by atoms with van der Waals surface area (Å²) in [6.07, 6.45) is -1.17. The summed E-state index contributed by atoms with van der Waals surface area (Å²) in [7, 11) is 0. The van der Waals surface area contributed by atoms with Gasteiger partial charge in [0.05, 0.1) is 45.6 Å². The Morgan fingerprint density at radius 2 is 1.67 bits per heavy atom. The fourth-order valence-electron chi connectivity index (χ4n) is 7.35. The van der Waals surface area contributed by atoms with Gasteiger partial charge >= 0.3 is 6.16 Å². The molecule has 3 aromatic rings. The van der Waals surface area contributed by atoms with Gasteiger partial charge in [0.15, 0.2) is 17.3 Å². The maximum Gasteiger partial charge on any atom is 0.514 e. The van der Waals surface area contributed by atoms with Crippen molar-refractivity contribution in [3.63, 3.8) is 0 Å². The molecule has 5 aliphatic rings. The number of amides is 2. The van der Waals surface area contributed by atoms with Gasteiger partial charge < -0.3 is 33.6 Å². The molecule has 250 valence electrons. The summed E-state index contributed by atoms with van der Waals surface area (Å²) in [5.74, 6) is -3.29. The Kier molecular flexibility index (Phi) is 7.32. The number of morpholine rings is 2. The number of rotatable bonds is 3. The molecule has 3 fully saturated rings. The van der Waals surface area contributed by atoms with E-state index in [2.05, 4.69) is 0 Å². The van der Waals surface area contributed by atoms with E-state index in [1.165, 1.54) is 39.7 Å². The van der Waals surface area contributed by atoms with Crippen molar-refractivity contribution in [2.24, 2.45) is 0 Å². The van der Waals surface area contributed by atoms with Gasteiger partial charge in [-0.25, -0.2) is 13.6 Å². The number of benzene rings is 2. The number of nitrogens with zero attached hydrogens (tertiary/aromatic N) is 5. The number of para-hydroxylation sites is 1. The van der Waals surface area contributed by atoms with Crippen LogP contribution in [-0.4, -0.2) is 97.3 Å². The molecule has 0 bridgehead atoms. The molecule has 1 aromatic heterocycles. The first-order valence-corrected chi connectivity index (χ1v) is 15.7. The highest BCUT2D eigenvalue weighted by molar-refractivity contribution is 5.97. The van der Waals surface area contributed by atoms with E-state index in [0.717, 1.165) is 17.3 Å². The first-order valence-electron chi connectivity index (χ1n) is 15.7. The second-order valence-electron chi connectivity index (χ2n) is 12.3. The Morgan fingerprint density at radius 3 is 2.46 bits per heavy atom. The molecule has 15 heteroatoms. The monoisotopic (exact) mass is 663 g/mol. The van der Waals surface area contributed by atoms with Crippen LogP contribution in [0.2, 0.25) is 0 Å². The first-order chi connectivity index (χ1) is 23.2. The quantitative estimate of drug-likeness (QED) is 0.386. The lowest BCUT2D eigenvalue weighted by Crippen LogP contribution is -2.66. The largest absolute Gasteiger partial charge is 0.514 e. The van der Waals surface area contributed by atoms with Gasteiger partial charge in [-0.3, -0.25) is 24.1 Å². The molecule has 0 saturated carbocycles. The Bertz CT molecular complexity index is 1900. The number of pyridine rings is 1. The number of ether oxygens (including phenoxy) is 4. The highest BCUT2D eigenvalue weighted by Crippen LogP contribution is 2.48. The second kappa shape index (κ2) is 11.6. The predicted molar refractivity (Wildman–Crippen MR) is 163 cm³/mol. The van der Waals surface area contributed by atoms with Crippen molar-refractivity contribution >= 4 is 23.7 Å². The predicted octanol–water partition coefficient (Wildman–Crippen LogP) is 2.30. The van der Waals surface area contributed by atoms with Gasteiger partial charge in [-0.05, 0) is 17.7 Å². The van der Waals surface area contributed by atoms with E-state index in [1.807, 2.05) is 29.2 Å². The van der Waals surface area contributed by atoms with Crippen LogP contribution in [0.1, 0.15) is 46.2 Å². The Balaban J connectivity index is 1.29. The van der Waals surface area contributed by atoms with Crippen LogP contribution in [0.25, 0.3) is 0 Å². The molecule has 0 spiro atoms. The van der Waals surface area contributed by atoms with E-state index in [-0.39, 0.29) is 56.6 Å². The molecule has 0 N–H and O–H groups in total. The fraction of sp³-hybridized carbons (Fsp3) is 0.394. The zero-order chi connectivity index (χ0) is 33.3. The third-order valence-corrected chi connectivity index (χ3v) is 9.63. The average molecular weight is 664 g/mol. The third-order valence-electron chi connectivity index (χ3n) is 9.63. The van der Waals surface area contributed by atoms with Crippen molar-refractivity contribution in [2.45, 2.75) is 31.3 Å². The van der Waals surface area contributed by atoms with Crippen molar-refractivity contribution in [3.05, 3.63) is 92.9 Å². The van der Waals surface area contributed by atoms with Gasteiger partial charge in [-0.1, -0.05) is 24.3 Å². The van der Waals surface area contributed by atoms with Gasteiger partial charge in [-0.2, -0.15) is 0 Å². The van der Waals surface area contributed by atoms with E-state index >= 15 is 8.78 Å².